The molecule has 0 amide bonds. The van der Waals surface area contributed by atoms with E-state index in [1.807, 2.05) is 0 Å². The number of rotatable bonds is 26. The highest BCUT2D eigenvalue weighted by Crippen LogP contribution is 2.49. The van der Waals surface area contributed by atoms with E-state index in [-0.39, 0.29) is 19.8 Å². The van der Waals surface area contributed by atoms with Gasteiger partial charge < -0.3 is 5.11 Å². The lowest BCUT2D eigenvalue weighted by Gasteiger charge is -2.17. The van der Waals surface area contributed by atoms with Gasteiger partial charge in [-0.25, -0.2) is 4.57 Å². The normalized spacial score (nSPS) is 13.5. The monoisotopic (exact) mass is 528 g/mol. The Kier molecular flexibility index (Phi) is 25.6. The summed E-state index contributed by atoms with van der Waals surface area (Å²) < 4.78 is 27.9. The molecule has 0 aliphatic rings. The topological polar surface area (TPSA) is 65.0 Å². The van der Waals surface area contributed by atoms with Crippen LogP contribution in [0.2, 0.25) is 0 Å². The zero-order chi connectivity index (χ0) is 22.9. The smallest absolute Gasteiger partial charge is 0.394 e. The van der Waals surface area contributed by atoms with Gasteiger partial charge >= 0.3 is 7.82 Å². The molecule has 188 valence electrons. The molecule has 5 nitrogen and oxygen atoms in total. The third-order valence-electron chi connectivity index (χ3n) is 5.41. The van der Waals surface area contributed by atoms with Gasteiger partial charge in [0.1, 0.15) is 0 Å². The van der Waals surface area contributed by atoms with Crippen LogP contribution in [0.5, 0.6) is 0 Å². The molecule has 0 bridgehead atoms. The highest BCUT2D eigenvalue weighted by molar-refractivity contribution is 9.09. The van der Waals surface area contributed by atoms with Gasteiger partial charge in [0.15, 0.2) is 0 Å². The number of aliphatic hydroxyl groups excluding tert-OH is 1. The van der Waals surface area contributed by atoms with E-state index in [4.69, 9.17) is 18.7 Å². The molecular formula is C24H50BrO5P. The molecule has 0 aromatic carbocycles. The summed E-state index contributed by atoms with van der Waals surface area (Å²) in [6.45, 7) is 2.65. The third-order valence-corrected chi connectivity index (χ3v) is 7.23. The summed E-state index contributed by atoms with van der Waals surface area (Å²) in [4.78, 5) is 0. The zero-order valence-electron chi connectivity index (χ0n) is 20.2. The highest BCUT2D eigenvalue weighted by Gasteiger charge is 2.25. The van der Waals surface area contributed by atoms with Crippen LogP contribution in [0.1, 0.15) is 122 Å². The summed E-state index contributed by atoms with van der Waals surface area (Å²) >= 11 is 3.22. The predicted octanol–water partition coefficient (Wildman–Crippen LogP) is 8.57. The number of aliphatic hydroxyl groups is 1. The van der Waals surface area contributed by atoms with Gasteiger partial charge in [-0.1, -0.05) is 132 Å². The van der Waals surface area contributed by atoms with Crippen molar-refractivity contribution in [2.45, 2.75) is 122 Å². The Balaban J connectivity index is 3.34. The molecule has 0 spiro atoms. The van der Waals surface area contributed by atoms with Crippen LogP contribution in [0.15, 0.2) is 0 Å². The van der Waals surface area contributed by atoms with Crippen LogP contribution in [0.4, 0.5) is 0 Å². The van der Waals surface area contributed by atoms with Crippen LogP contribution in [-0.2, 0) is 18.1 Å². The summed E-state index contributed by atoms with van der Waals surface area (Å²) in [6.07, 6.45) is 24.0. The second kappa shape index (κ2) is 25.2. The molecular weight excluding hydrogens is 479 g/mol. The molecule has 1 atom stereocenters. The average molecular weight is 530 g/mol. The number of hydrogen-bond acceptors (Lipinski definition) is 5. The predicted molar refractivity (Wildman–Crippen MR) is 135 cm³/mol. The molecule has 0 aliphatic carbocycles. The number of halogens is 1. The van der Waals surface area contributed by atoms with Crippen LogP contribution in [0.25, 0.3) is 0 Å². The lowest BCUT2D eigenvalue weighted by Crippen LogP contribution is -2.06. The molecule has 31 heavy (non-hydrogen) atoms. The fourth-order valence-electron chi connectivity index (χ4n) is 3.59. The molecule has 0 aromatic heterocycles. The van der Waals surface area contributed by atoms with Gasteiger partial charge in [-0.05, 0) is 6.42 Å². The van der Waals surface area contributed by atoms with Crippen molar-refractivity contribution in [3.05, 3.63) is 0 Å². The van der Waals surface area contributed by atoms with Gasteiger partial charge in [0, 0.05) is 5.33 Å². The maximum Gasteiger partial charge on any atom is 0.474 e. The molecule has 0 saturated heterocycles. The van der Waals surface area contributed by atoms with E-state index >= 15 is 0 Å². The standard InChI is InChI=1S/C24H50BrO5P/c1-2-3-4-5-6-7-8-9-10-11-12-13-14-15-16-17-18-19-22-28-31(27,29-23-20-25)30-24-21-26/h26H,2-24H2,1H3. The Bertz CT molecular complexity index is 386. The highest BCUT2D eigenvalue weighted by atomic mass is 79.9. The van der Waals surface area contributed by atoms with Crippen molar-refractivity contribution in [1.82, 2.24) is 0 Å². The molecule has 0 radical (unpaired) electrons. The van der Waals surface area contributed by atoms with Crippen molar-refractivity contribution >= 4 is 23.8 Å². The van der Waals surface area contributed by atoms with Crippen LogP contribution >= 0.6 is 23.8 Å². The molecule has 0 rings (SSSR count). The van der Waals surface area contributed by atoms with Crippen molar-refractivity contribution in [2.75, 3.05) is 31.8 Å². The maximum absolute atomic E-state index is 12.3. The first-order valence-corrected chi connectivity index (χ1v) is 15.5. The van der Waals surface area contributed by atoms with Crippen molar-refractivity contribution < 1.29 is 23.2 Å². The quantitative estimate of drug-likeness (QED) is 0.0691. The largest absolute Gasteiger partial charge is 0.474 e. The summed E-state index contributed by atoms with van der Waals surface area (Å²) in [5.41, 5.74) is 0. The minimum absolute atomic E-state index is 0.0430. The second-order valence-corrected chi connectivity index (χ2v) is 10.8. The van der Waals surface area contributed by atoms with Gasteiger partial charge in [0.25, 0.3) is 0 Å². The van der Waals surface area contributed by atoms with Gasteiger partial charge in [-0.2, -0.15) is 0 Å². The van der Waals surface area contributed by atoms with Crippen molar-refractivity contribution in [3.63, 3.8) is 0 Å². The molecule has 1 unspecified atom stereocenters. The van der Waals surface area contributed by atoms with Crippen LogP contribution in [0.3, 0.4) is 0 Å². The van der Waals surface area contributed by atoms with E-state index in [1.165, 1.54) is 103 Å². The molecule has 0 saturated carbocycles. The Hall–Kier alpha value is 0.550. The first-order valence-electron chi connectivity index (χ1n) is 12.9. The molecule has 0 aliphatic heterocycles. The SMILES string of the molecule is CCCCCCCCCCCCCCCCCCCCOP(=O)(OCCO)OCCBr. The minimum Gasteiger partial charge on any atom is -0.394 e. The maximum atomic E-state index is 12.3. The van der Waals surface area contributed by atoms with E-state index in [0.29, 0.717) is 11.9 Å². The Morgan fingerprint density at radius 3 is 1.32 bits per heavy atom. The fraction of sp³-hybridized carbons (Fsp3) is 1.00. The van der Waals surface area contributed by atoms with Crippen LogP contribution in [-0.4, -0.2) is 36.9 Å². The number of phosphoric ester groups is 1. The van der Waals surface area contributed by atoms with Crippen LogP contribution in [0, 0.1) is 0 Å². The van der Waals surface area contributed by atoms with E-state index in [2.05, 4.69) is 22.9 Å². The Labute approximate surface area is 201 Å². The zero-order valence-corrected chi connectivity index (χ0v) is 22.6. The van der Waals surface area contributed by atoms with Gasteiger partial charge in [0.2, 0.25) is 0 Å². The van der Waals surface area contributed by atoms with Crippen LogP contribution < -0.4 is 0 Å². The molecule has 0 heterocycles. The first kappa shape index (κ1) is 31.6. The number of hydrogen-bond donors (Lipinski definition) is 1. The van der Waals surface area contributed by atoms with E-state index in [0.717, 1.165) is 12.8 Å². The fourth-order valence-corrected chi connectivity index (χ4v) is 5.20. The summed E-state index contributed by atoms with van der Waals surface area (Å²) in [6, 6.07) is 0. The summed E-state index contributed by atoms with van der Waals surface area (Å²) in [5, 5.41) is 9.38. The van der Waals surface area contributed by atoms with Crippen molar-refractivity contribution in [3.8, 4) is 0 Å². The molecule has 1 N–H and O–H groups in total. The van der Waals surface area contributed by atoms with Crippen molar-refractivity contribution in [1.29, 1.82) is 0 Å². The average Bonchev–Trinajstić information content (AvgIpc) is 2.78. The van der Waals surface area contributed by atoms with E-state index < -0.39 is 7.82 Å². The number of phosphoric acid groups is 1. The second-order valence-electron chi connectivity index (χ2n) is 8.37. The minimum atomic E-state index is -3.54. The number of unbranched alkanes of at least 4 members (excludes halogenated alkanes) is 17. The van der Waals surface area contributed by atoms with Crippen molar-refractivity contribution in [2.24, 2.45) is 0 Å². The molecule has 0 fully saturated rings. The van der Waals surface area contributed by atoms with Gasteiger partial charge in [-0.15, -0.1) is 0 Å². The first-order chi connectivity index (χ1) is 15.2. The Morgan fingerprint density at radius 2 is 0.935 bits per heavy atom. The summed E-state index contributed by atoms with van der Waals surface area (Å²) in [5.74, 6) is 0. The van der Waals surface area contributed by atoms with E-state index in [1.54, 1.807) is 0 Å². The summed E-state index contributed by atoms with van der Waals surface area (Å²) in [7, 11) is -3.54. The number of alkyl halides is 1. The Morgan fingerprint density at radius 1 is 0.581 bits per heavy atom. The van der Waals surface area contributed by atoms with Gasteiger partial charge in [-0.3, -0.25) is 13.6 Å². The lowest BCUT2D eigenvalue weighted by atomic mass is 10.0. The third kappa shape index (κ3) is 23.5. The van der Waals surface area contributed by atoms with Gasteiger partial charge in [0.05, 0.1) is 26.4 Å². The lowest BCUT2D eigenvalue weighted by molar-refractivity contribution is 0.0986. The molecule has 7 heteroatoms. The van der Waals surface area contributed by atoms with E-state index in [9.17, 15) is 4.57 Å². The molecule has 0 aromatic rings.